The van der Waals surface area contributed by atoms with E-state index in [2.05, 4.69) is 31.4 Å². The minimum atomic E-state index is -0.374. The molecule has 8 heteroatoms. The number of rotatable bonds is 6. The second-order valence-corrected chi connectivity index (χ2v) is 10.2. The van der Waals surface area contributed by atoms with Gasteiger partial charge in [-0.25, -0.2) is 4.79 Å². The van der Waals surface area contributed by atoms with Crippen LogP contribution in [-0.2, 0) is 27.8 Å². The van der Waals surface area contributed by atoms with E-state index in [9.17, 15) is 9.59 Å². The van der Waals surface area contributed by atoms with Gasteiger partial charge in [0.15, 0.2) is 11.7 Å². The molecule has 1 aromatic carbocycles. The first-order chi connectivity index (χ1) is 15.2. The van der Waals surface area contributed by atoms with Crippen LogP contribution in [0.3, 0.4) is 0 Å². The third-order valence-electron chi connectivity index (χ3n) is 5.22. The molecule has 1 aliphatic carbocycles. The van der Waals surface area contributed by atoms with Gasteiger partial charge in [0, 0.05) is 4.88 Å². The quantitative estimate of drug-likeness (QED) is 0.454. The molecule has 0 atom stereocenters. The van der Waals surface area contributed by atoms with E-state index in [1.165, 1.54) is 21.8 Å². The summed E-state index contributed by atoms with van der Waals surface area (Å²) in [5.74, 6) is -0.116. The summed E-state index contributed by atoms with van der Waals surface area (Å²) in [5, 5.41) is 6.40. The summed E-state index contributed by atoms with van der Waals surface area (Å²) in [6, 6.07) is 7.70. The standard InChI is InChI=1S/C24H30N2O4S2/c1-5-29-22(28)20-17-8-6-7-9-18(17)32-21(20)26-23(31)25-19(27)14-30-16-12-10-15(11-13-16)24(2,3)4/h10-13H,5-9,14H2,1-4H3,(H2,25,26,27,31). The number of anilines is 1. The Morgan fingerprint density at radius 2 is 1.81 bits per heavy atom. The third kappa shape index (κ3) is 6.07. The summed E-state index contributed by atoms with van der Waals surface area (Å²) in [6.07, 6.45) is 3.94. The predicted molar refractivity (Wildman–Crippen MR) is 132 cm³/mol. The van der Waals surface area contributed by atoms with E-state index in [1.54, 1.807) is 6.92 Å². The minimum Gasteiger partial charge on any atom is -0.484 e. The number of fused-ring (bicyclic) bond motifs is 1. The number of carbonyl (C=O) groups is 2. The van der Waals surface area contributed by atoms with Crippen LogP contribution in [-0.4, -0.2) is 30.2 Å². The highest BCUT2D eigenvalue weighted by Gasteiger charge is 2.27. The van der Waals surface area contributed by atoms with Gasteiger partial charge in [0.2, 0.25) is 0 Å². The van der Waals surface area contributed by atoms with Crippen molar-refractivity contribution >= 4 is 45.5 Å². The van der Waals surface area contributed by atoms with Crippen LogP contribution in [0, 0.1) is 0 Å². The van der Waals surface area contributed by atoms with E-state index in [0.717, 1.165) is 31.2 Å². The van der Waals surface area contributed by atoms with Gasteiger partial charge in [-0.1, -0.05) is 32.9 Å². The highest BCUT2D eigenvalue weighted by molar-refractivity contribution is 7.80. The maximum absolute atomic E-state index is 12.5. The van der Waals surface area contributed by atoms with Crippen LogP contribution in [0.25, 0.3) is 0 Å². The molecule has 1 heterocycles. The first kappa shape index (κ1) is 24.2. The molecule has 32 heavy (non-hydrogen) atoms. The van der Waals surface area contributed by atoms with Crippen molar-refractivity contribution in [1.82, 2.24) is 5.32 Å². The lowest BCUT2D eigenvalue weighted by atomic mass is 9.87. The van der Waals surface area contributed by atoms with Crippen LogP contribution in [0.1, 0.15) is 66.9 Å². The van der Waals surface area contributed by atoms with Crippen LogP contribution in [0.5, 0.6) is 5.75 Å². The molecule has 172 valence electrons. The third-order valence-corrected chi connectivity index (χ3v) is 6.63. The lowest BCUT2D eigenvalue weighted by Gasteiger charge is -2.19. The van der Waals surface area contributed by atoms with Crippen LogP contribution >= 0.6 is 23.6 Å². The zero-order valence-corrected chi connectivity index (χ0v) is 20.6. The molecule has 6 nitrogen and oxygen atoms in total. The average Bonchev–Trinajstić information content (AvgIpc) is 3.09. The largest absolute Gasteiger partial charge is 0.484 e. The van der Waals surface area contributed by atoms with Gasteiger partial charge in [0.25, 0.3) is 5.91 Å². The van der Waals surface area contributed by atoms with Crippen LogP contribution < -0.4 is 15.4 Å². The van der Waals surface area contributed by atoms with Crippen molar-refractivity contribution < 1.29 is 19.1 Å². The second kappa shape index (κ2) is 10.4. The van der Waals surface area contributed by atoms with E-state index in [0.29, 0.717) is 22.9 Å². The van der Waals surface area contributed by atoms with Gasteiger partial charge in [-0.3, -0.25) is 10.1 Å². The molecule has 0 saturated carbocycles. The molecule has 2 aromatic rings. The number of hydrogen-bond donors (Lipinski definition) is 2. The SMILES string of the molecule is CCOC(=O)c1c(NC(=S)NC(=O)COc2ccc(C(C)(C)C)cc2)sc2c1CCCC2. The van der Waals surface area contributed by atoms with Gasteiger partial charge >= 0.3 is 5.97 Å². The molecule has 0 radical (unpaired) electrons. The Hall–Kier alpha value is -2.45. The normalized spacial score (nSPS) is 13.1. The molecular weight excluding hydrogens is 444 g/mol. The van der Waals surface area contributed by atoms with Crippen molar-refractivity contribution in [1.29, 1.82) is 0 Å². The number of aryl methyl sites for hydroxylation is 1. The zero-order chi connectivity index (χ0) is 23.3. The molecule has 0 aliphatic heterocycles. The monoisotopic (exact) mass is 474 g/mol. The summed E-state index contributed by atoms with van der Waals surface area (Å²) in [6.45, 7) is 8.34. The summed E-state index contributed by atoms with van der Waals surface area (Å²) < 4.78 is 10.8. The molecule has 1 amide bonds. The number of thiophene rings is 1. The van der Waals surface area contributed by atoms with Gasteiger partial charge in [-0.05, 0) is 73.5 Å². The summed E-state index contributed by atoms with van der Waals surface area (Å²) in [4.78, 5) is 26.0. The lowest BCUT2D eigenvalue weighted by molar-refractivity contribution is -0.121. The number of esters is 1. The number of amides is 1. The molecule has 1 aliphatic rings. The van der Waals surface area contributed by atoms with Gasteiger partial charge in [-0.2, -0.15) is 0 Å². The van der Waals surface area contributed by atoms with Crippen molar-refractivity contribution in [2.24, 2.45) is 0 Å². The molecule has 0 unspecified atom stereocenters. The number of carbonyl (C=O) groups excluding carboxylic acids is 2. The molecule has 0 spiro atoms. The first-order valence-electron chi connectivity index (χ1n) is 10.8. The van der Waals surface area contributed by atoms with Gasteiger partial charge in [0.05, 0.1) is 12.2 Å². The fraction of sp³-hybridized carbons (Fsp3) is 0.458. The maximum Gasteiger partial charge on any atom is 0.341 e. The van der Waals surface area contributed by atoms with Crippen LogP contribution in [0.15, 0.2) is 24.3 Å². The Morgan fingerprint density at radius 1 is 1.12 bits per heavy atom. The van der Waals surface area contributed by atoms with Crippen molar-refractivity contribution in [3.05, 3.63) is 45.8 Å². The Bertz CT molecular complexity index is 991. The van der Waals surface area contributed by atoms with E-state index < -0.39 is 0 Å². The smallest absolute Gasteiger partial charge is 0.341 e. The Morgan fingerprint density at radius 3 is 2.47 bits per heavy atom. The topological polar surface area (TPSA) is 76.7 Å². The van der Waals surface area contributed by atoms with E-state index >= 15 is 0 Å². The fourth-order valence-electron chi connectivity index (χ4n) is 3.57. The second-order valence-electron chi connectivity index (χ2n) is 8.70. The Kier molecular flexibility index (Phi) is 7.90. The molecule has 0 saturated heterocycles. The molecule has 2 N–H and O–H groups in total. The highest BCUT2D eigenvalue weighted by atomic mass is 32.1. The Balaban J connectivity index is 1.59. The number of nitrogens with one attached hydrogen (secondary N) is 2. The Labute approximate surface area is 198 Å². The van der Waals surface area contributed by atoms with Gasteiger partial charge in [0.1, 0.15) is 10.8 Å². The van der Waals surface area contributed by atoms with Crippen molar-refractivity contribution in [2.45, 2.75) is 58.8 Å². The first-order valence-corrected chi connectivity index (χ1v) is 12.1. The fourth-order valence-corrected chi connectivity index (χ4v) is 5.13. The number of thiocarbonyl (C=S) groups is 1. The molecule has 1 aromatic heterocycles. The predicted octanol–water partition coefficient (Wildman–Crippen LogP) is 4.99. The molecule has 0 bridgehead atoms. The number of ether oxygens (including phenoxy) is 2. The van der Waals surface area contributed by atoms with Crippen molar-refractivity contribution in [3.63, 3.8) is 0 Å². The summed E-state index contributed by atoms with van der Waals surface area (Å²) >= 11 is 6.81. The van der Waals surface area contributed by atoms with Crippen molar-refractivity contribution in [3.8, 4) is 5.75 Å². The van der Waals surface area contributed by atoms with Gasteiger partial charge in [-0.15, -0.1) is 11.3 Å². The number of hydrogen-bond acceptors (Lipinski definition) is 6. The van der Waals surface area contributed by atoms with Crippen molar-refractivity contribution in [2.75, 3.05) is 18.5 Å². The van der Waals surface area contributed by atoms with Crippen LogP contribution in [0.2, 0.25) is 0 Å². The van der Waals surface area contributed by atoms with E-state index in [-0.39, 0.29) is 29.0 Å². The molecule has 3 rings (SSSR count). The lowest BCUT2D eigenvalue weighted by Crippen LogP contribution is -2.37. The summed E-state index contributed by atoms with van der Waals surface area (Å²) in [5.41, 5.74) is 2.82. The molecular formula is C24H30N2O4S2. The van der Waals surface area contributed by atoms with E-state index in [1.807, 2.05) is 24.3 Å². The zero-order valence-electron chi connectivity index (χ0n) is 19.0. The highest BCUT2D eigenvalue weighted by Crippen LogP contribution is 2.38. The van der Waals surface area contributed by atoms with E-state index in [4.69, 9.17) is 21.7 Å². The van der Waals surface area contributed by atoms with Crippen LogP contribution in [0.4, 0.5) is 5.00 Å². The molecule has 0 fully saturated rings. The maximum atomic E-state index is 12.5. The summed E-state index contributed by atoms with van der Waals surface area (Å²) in [7, 11) is 0. The number of benzene rings is 1. The minimum absolute atomic E-state index is 0.0528. The van der Waals surface area contributed by atoms with Gasteiger partial charge < -0.3 is 14.8 Å². The average molecular weight is 475 g/mol.